The normalized spacial score (nSPS) is 16.8. The molecule has 0 fully saturated rings. The maximum Gasteiger partial charge on any atom is 0.139 e. The molecule has 2 aromatic rings. The summed E-state index contributed by atoms with van der Waals surface area (Å²) in [6.07, 6.45) is 0. The maximum absolute atomic E-state index is 6.07. The first-order chi connectivity index (χ1) is 9.24. The van der Waals surface area contributed by atoms with Crippen molar-refractivity contribution in [2.45, 2.75) is 5.92 Å². The summed E-state index contributed by atoms with van der Waals surface area (Å²) in [5.41, 5.74) is 7.55. The number of rotatable bonds is 3. The number of hydrogen-bond acceptors (Lipinski definition) is 3. The summed E-state index contributed by atoms with van der Waals surface area (Å²) in [5, 5.41) is 0.571. The zero-order valence-electron chi connectivity index (χ0n) is 10.3. The fourth-order valence-electron chi connectivity index (χ4n) is 2.19. The zero-order valence-corrected chi connectivity index (χ0v) is 11.1. The lowest BCUT2D eigenvalue weighted by Gasteiger charge is -2.12. The number of fused-ring (bicyclic) bond motifs is 1. The molecule has 0 radical (unpaired) electrons. The molecule has 1 aliphatic heterocycles. The van der Waals surface area contributed by atoms with E-state index in [1.165, 1.54) is 5.56 Å². The summed E-state index contributed by atoms with van der Waals surface area (Å²) in [6, 6.07) is 13.3. The Hall–Kier alpha value is -1.87. The van der Waals surface area contributed by atoms with Gasteiger partial charge in [-0.3, -0.25) is 0 Å². The third-order valence-corrected chi connectivity index (χ3v) is 3.51. The molecule has 1 unspecified atom stereocenters. The third-order valence-electron chi connectivity index (χ3n) is 3.19. The first kappa shape index (κ1) is 12.2. The SMILES string of the molecule is Nc1ccc(Cl)c(OCC2COc3ccccc32)c1. The topological polar surface area (TPSA) is 44.5 Å². The smallest absolute Gasteiger partial charge is 0.139 e. The molecule has 2 N–H and O–H groups in total. The highest BCUT2D eigenvalue weighted by molar-refractivity contribution is 6.32. The molecule has 1 heterocycles. The average Bonchev–Trinajstić information content (AvgIpc) is 2.83. The van der Waals surface area contributed by atoms with E-state index in [0.717, 1.165) is 5.75 Å². The minimum Gasteiger partial charge on any atom is -0.493 e. The van der Waals surface area contributed by atoms with Gasteiger partial charge in [0, 0.05) is 17.3 Å². The number of nitrogens with two attached hydrogens (primary N) is 1. The average molecular weight is 276 g/mol. The van der Waals surface area contributed by atoms with Gasteiger partial charge in [0.05, 0.1) is 24.2 Å². The van der Waals surface area contributed by atoms with Crippen LogP contribution in [0.3, 0.4) is 0 Å². The van der Waals surface area contributed by atoms with E-state index >= 15 is 0 Å². The second-order valence-electron chi connectivity index (χ2n) is 4.55. The van der Waals surface area contributed by atoms with Crippen molar-refractivity contribution in [3.63, 3.8) is 0 Å². The van der Waals surface area contributed by atoms with Crippen molar-refractivity contribution in [3.05, 3.63) is 53.1 Å². The monoisotopic (exact) mass is 275 g/mol. The van der Waals surface area contributed by atoms with E-state index < -0.39 is 0 Å². The summed E-state index contributed by atoms with van der Waals surface area (Å²) in [5.74, 6) is 1.79. The molecule has 0 saturated heterocycles. The van der Waals surface area contributed by atoms with Crippen LogP contribution in [0, 0.1) is 0 Å². The number of hydrogen-bond donors (Lipinski definition) is 1. The lowest BCUT2D eigenvalue weighted by atomic mass is 10.0. The molecule has 3 nitrogen and oxygen atoms in total. The van der Waals surface area contributed by atoms with Crippen LogP contribution in [0.15, 0.2) is 42.5 Å². The Kier molecular flexibility index (Phi) is 3.22. The number of benzene rings is 2. The van der Waals surface area contributed by atoms with Crippen LogP contribution in [0.25, 0.3) is 0 Å². The van der Waals surface area contributed by atoms with Gasteiger partial charge in [0.1, 0.15) is 11.5 Å². The molecule has 4 heteroatoms. The van der Waals surface area contributed by atoms with Crippen LogP contribution >= 0.6 is 11.6 Å². The Balaban J connectivity index is 1.72. The molecule has 0 aliphatic carbocycles. The van der Waals surface area contributed by atoms with Crippen molar-refractivity contribution in [2.75, 3.05) is 18.9 Å². The van der Waals surface area contributed by atoms with Crippen LogP contribution in [0.2, 0.25) is 5.02 Å². The summed E-state index contributed by atoms with van der Waals surface area (Å²) in [7, 11) is 0. The summed E-state index contributed by atoms with van der Waals surface area (Å²) in [6.45, 7) is 1.17. The lowest BCUT2D eigenvalue weighted by molar-refractivity contribution is 0.248. The minimum absolute atomic E-state index is 0.230. The van der Waals surface area contributed by atoms with E-state index in [0.29, 0.717) is 29.7 Å². The van der Waals surface area contributed by atoms with E-state index in [9.17, 15) is 0 Å². The zero-order chi connectivity index (χ0) is 13.2. The molecule has 0 aromatic heterocycles. The van der Waals surface area contributed by atoms with Gasteiger partial charge in [-0.1, -0.05) is 29.8 Å². The van der Waals surface area contributed by atoms with Crippen molar-refractivity contribution in [3.8, 4) is 11.5 Å². The maximum atomic E-state index is 6.07. The fourth-order valence-corrected chi connectivity index (χ4v) is 2.36. The van der Waals surface area contributed by atoms with Crippen LogP contribution in [0.4, 0.5) is 5.69 Å². The van der Waals surface area contributed by atoms with Gasteiger partial charge in [-0.05, 0) is 18.2 Å². The lowest BCUT2D eigenvalue weighted by Crippen LogP contribution is -2.12. The Morgan fingerprint density at radius 1 is 1.26 bits per heavy atom. The summed E-state index contributed by atoms with van der Waals surface area (Å²) >= 11 is 6.07. The first-order valence-corrected chi connectivity index (χ1v) is 6.51. The predicted octanol–water partition coefficient (Wildman–Crippen LogP) is 3.48. The highest BCUT2D eigenvalue weighted by atomic mass is 35.5. The molecule has 19 heavy (non-hydrogen) atoms. The fraction of sp³-hybridized carbons (Fsp3) is 0.200. The van der Waals surface area contributed by atoms with Gasteiger partial charge in [-0.15, -0.1) is 0 Å². The molecule has 0 spiro atoms. The molecule has 0 saturated carbocycles. The summed E-state index contributed by atoms with van der Waals surface area (Å²) in [4.78, 5) is 0. The van der Waals surface area contributed by atoms with Crippen molar-refractivity contribution in [1.29, 1.82) is 0 Å². The van der Waals surface area contributed by atoms with Gasteiger partial charge < -0.3 is 15.2 Å². The Morgan fingerprint density at radius 3 is 3.00 bits per heavy atom. The number of para-hydroxylation sites is 1. The predicted molar refractivity (Wildman–Crippen MR) is 76.0 cm³/mol. The molecule has 3 rings (SSSR count). The van der Waals surface area contributed by atoms with E-state index in [1.807, 2.05) is 18.2 Å². The van der Waals surface area contributed by atoms with Gasteiger partial charge in [-0.2, -0.15) is 0 Å². The molecule has 0 amide bonds. The minimum atomic E-state index is 0.230. The van der Waals surface area contributed by atoms with Crippen LogP contribution in [-0.2, 0) is 0 Å². The van der Waals surface area contributed by atoms with Gasteiger partial charge in [0.15, 0.2) is 0 Å². The molecule has 1 atom stereocenters. The second-order valence-corrected chi connectivity index (χ2v) is 4.95. The Morgan fingerprint density at radius 2 is 2.11 bits per heavy atom. The van der Waals surface area contributed by atoms with Crippen molar-refractivity contribution in [2.24, 2.45) is 0 Å². The Labute approximate surface area is 116 Å². The van der Waals surface area contributed by atoms with Crippen molar-refractivity contribution >= 4 is 17.3 Å². The third kappa shape index (κ3) is 2.47. The van der Waals surface area contributed by atoms with Gasteiger partial charge in [0.2, 0.25) is 0 Å². The van der Waals surface area contributed by atoms with Gasteiger partial charge in [-0.25, -0.2) is 0 Å². The van der Waals surface area contributed by atoms with E-state index in [-0.39, 0.29) is 5.92 Å². The highest BCUT2D eigenvalue weighted by Gasteiger charge is 2.24. The Bertz CT molecular complexity index is 600. The number of ether oxygens (including phenoxy) is 2. The standard InChI is InChI=1S/C15H14ClNO2/c16-13-6-5-11(17)7-15(13)19-9-10-8-18-14-4-2-1-3-12(10)14/h1-7,10H,8-9,17H2. The molecular formula is C15H14ClNO2. The second kappa shape index (κ2) is 5.02. The number of nitrogen functional groups attached to an aromatic ring is 1. The van der Waals surface area contributed by atoms with E-state index in [2.05, 4.69) is 6.07 Å². The largest absolute Gasteiger partial charge is 0.493 e. The quantitative estimate of drug-likeness (QED) is 0.872. The number of halogens is 1. The van der Waals surface area contributed by atoms with Crippen molar-refractivity contribution in [1.82, 2.24) is 0 Å². The van der Waals surface area contributed by atoms with Gasteiger partial charge >= 0.3 is 0 Å². The van der Waals surface area contributed by atoms with Crippen LogP contribution in [-0.4, -0.2) is 13.2 Å². The molecule has 2 aromatic carbocycles. The summed E-state index contributed by atoms with van der Waals surface area (Å²) < 4.78 is 11.4. The highest BCUT2D eigenvalue weighted by Crippen LogP contribution is 2.34. The van der Waals surface area contributed by atoms with Crippen LogP contribution in [0.5, 0.6) is 11.5 Å². The van der Waals surface area contributed by atoms with Gasteiger partial charge in [0.25, 0.3) is 0 Å². The van der Waals surface area contributed by atoms with E-state index in [4.69, 9.17) is 26.8 Å². The molecule has 98 valence electrons. The first-order valence-electron chi connectivity index (χ1n) is 6.13. The van der Waals surface area contributed by atoms with Crippen LogP contribution < -0.4 is 15.2 Å². The van der Waals surface area contributed by atoms with Crippen molar-refractivity contribution < 1.29 is 9.47 Å². The number of anilines is 1. The van der Waals surface area contributed by atoms with E-state index in [1.54, 1.807) is 18.2 Å². The molecule has 0 bridgehead atoms. The molecular weight excluding hydrogens is 262 g/mol. The molecule has 1 aliphatic rings. The van der Waals surface area contributed by atoms with Crippen LogP contribution in [0.1, 0.15) is 11.5 Å².